The summed E-state index contributed by atoms with van der Waals surface area (Å²) in [7, 11) is 1.69. The Hall–Kier alpha value is -2.49. The van der Waals surface area contributed by atoms with Crippen LogP contribution in [0, 0.1) is 5.92 Å². The third-order valence-corrected chi connectivity index (χ3v) is 6.79. The topological polar surface area (TPSA) is 98.7 Å². The van der Waals surface area contributed by atoms with Gasteiger partial charge in [-0.3, -0.25) is 4.68 Å². The van der Waals surface area contributed by atoms with Gasteiger partial charge in [0.25, 0.3) is 0 Å². The van der Waals surface area contributed by atoms with Gasteiger partial charge in [-0.25, -0.2) is 9.50 Å². The second-order valence-corrected chi connectivity index (χ2v) is 9.32. The molecule has 2 fully saturated rings. The lowest BCUT2D eigenvalue weighted by Gasteiger charge is -2.30. The molecule has 1 aliphatic carbocycles. The van der Waals surface area contributed by atoms with E-state index in [4.69, 9.17) is 14.6 Å². The van der Waals surface area contributed by atoms with Crippen molar-refractivity contribution >= 4 is 11.5 Å². The molecule has 32 heavy (non-hydrogen) atoms. The fraction of sp³-hybridized carbons (Fsp3) is 0.609. The van der Waals surface area contributed by atoms with E-state index in [1.54, 1.807) is 7.11 Å². The first-order valence-electron chi connectivity index (χ1n) is 11.5. The van der Waals surface area contributed by atoms with Gasteiger partial charge in [0.1, 0.15) is 0 Å². The lowest BCUT2D eigenvalue weighted by Crippen LogP contribution is -2.30. The third-order valence-electron chi connectivity index (χ3n) is 6.79. The molecule has 3 aromatic heterocycles. The van der Waals surface area contributed by atoms with E-state index in [9.17, 15) is 5.11 Å². The number of hydrogen-bond donors (Lipinski definition) is 2. The molecule has 5 rings (SSSR count). The molecule has 1 saturated carbocycles. The number of aliphatic hydroxyl groups excluding tert-OH is 1. The first-order chi connectivity index (χ1) is 15.5. The van der Waals surface area contributed by atoms with Gasteiger partial charge < -0.3 is 19.9 Å². The fourth-order valence-corrected chi connectivity index (χ4v) is 4.82. The van der Waals surface area contributed by atoms with E-state index in [2.05, 4.69) is 34.6 Å². The predicted molar refractivity (Wildman–Crippen MR) is 121 cm³/mol. The van der Waals surface area contributed by atoms with E-state index in [0.29, 0.717) is 37.7 Å². The van der Waals surface area contributed by atoms with Crippen molar-refractivity contribution in [3.63, 3.8) is 0 Å². The van der Waals surface area contributed by atoms with Gasteiger partial charge >= 0.3 is 0 Å². The average molecular weight is 441 g/mol. The Morgan fingerprint density at radius 3 is 2.88 bits per heavy atom. The van der Waals surface area contributed by atoms with Crippen LogP contribution in [0.5, 0.6) is 0 Å². The van der Waals surface area contributed by atoms with Gasteiger partial charge in [-0.1, -0.05) is 6.92 Å². The molecule has 0 radical (unpaired) electrons. The molecule has 4 heterocycles. The number of ether oxygens (including phenoxy) is 2. The first kappa shape index (κ1) is 21.4. The summed E-state index contributed by atoms with van der Waals surface area (Å²) < 4.78 is 14.6. The third kappa shape index (κ3) is 4.00. The fourth-order valence-electron chi connectivity index (χ4n) is 4.82. The van der Waals surface area contributed by atoms with Crippen molar-refractivity contribution in [2.75, 3.05) is 32.2 Å². The maximum Gasteiger partial charge on any atom is 0.241 e. The molecule has 4 atom stereocenters. The number of nitrogens with zero attached hydrogens (tertiary/aromatic N) is 5. The highest BCUT2D eigenvalue weighted by Gasteiger charge is 2.30. The lowest BCUT2D eigenvalue weighted by molar-refractivity contribution is -0.0286. The minimum absolute atomic E-state index is 0.101. The molecule has 0 spiro atoms. The zero-order valence-electron chi connectivity index (χ0n) is 18.9. The molecule has 1 aliphatic heterocycles. The smallest absolute Gasteiger partial charge is 0.241 e. The highest BCUT2D eigenvalue weighted by atomic mass is 16.5. The first-order valence-corrected chi connectivity index (χ1v) is 11.5. The minimum atomic E-state index is -0.221. The van der Waals surface area contributed by atoms with Gasteiger partial charge in [0, 0.05) is 42.1 Å². The summed E-state index contributed by atoms with van der Waals surface area (Å²) in [6.45, 7) is 6.17. The molecule has 9 nitrogen and oxygen atoms in total. The number of anilines is 1. The SMILES string of the molecule is COC[C@H](C)Nc1ncc2c(-c3cnn(C4COC4)c3)cc([C@@H]3CC[C@H](O)[C@@H](C)C3)n2n1. The van der Waals surface area contributed by atoms with Crippen LogP contribution in [0.2, 0.25) is 0 Å². The van der Waals surface area contributed by atoms with Crippen LogP contribution in [0.15, 0.2) is 24.7 Å². The van der Waals surface area contributed by atoms with Gasteiger partial charge in [0.15, 0.2) is 0 Å². The monoisotopic (exact) mass is 440 g/mol. The van der Waals surface area contributed by atoms with Crippen LogP contribution in [0.25, 0.3) is 16.6 Å². The Kier molecular flexibility index (Phi) is 5.88. The lowest BCUT2D eigenvalue weighted by atomic mass is 9.79. The summed E-state index contributed by atoms with van der Waals surface area (Å²) in [6, 6.07) is 2.65. The van der Waals surface area contributed by atoms with Gasteiger partial charge in [-0.15, -0.1) is 5.10 Å². The molecule has 1 saturated heterocycles. The zero-order valence-corrected chi connectivity index (χ0v) is 18.9. The standard InChI is InChI=1S/C23H32N6O3/c1-14-6-16(4-5-22(14)30)20-7-19(17-8-25-28(10-17)18-12-32-13-18)21-9-24-23(27-29(20)21)26-15(2)11-31-3/h7-10,14-16,18,22,30H,4-6,11-13H2,1-3H3,(H,26,27)/t14-,15-,16+,22-/m0/s1. The minimum Gasteiger partial charge on any atom is -0.393 e. The summed E-state index contributed by atoms with van der Waals surface area (Å²) in [5.74, 6) is 1.19. The summed E-state index contributed by atoms with van der Waals surface area (Å²) in [5.41, 5.74) is 4.27. The van der Waals surface area contributed by atoms with Crippen molar-refractivity contribution in [3.8, 4) is 11.1 Å². The molecule has 172 valence electrons. The van der Waals surface area contributed by atoms with Gasteiger partial charge in [-0.05, 0) is 38.2 Å². The van der Waals surface area contributed by atoms with E-state index in [1.807, 2.05) is 28.5 Å². The quantitative estimate of drug-likeness (QED) is 0.583. The van der Waals surface area contributed by atoms with Crippen molar-refractivity contribution in [3.05, 3.63) is 30.4 Å². The Morgan fingerprint density at radius 2 is 2.16 bits per heavy atom. The van der Waals surface area contributed by atoms with Gasteiger partial charge in [0.2, 0.25) is 5.95 Å². The predicted octanol–water partition coefficient (Wildman–Crippen LogP) is 2.88. The van der Waals surface area contributed by atoms with Crippen LogP contribution in [0.4, 0.5) is 5.95 Å². The Morgan fingerprint density at radius 1 is 1.31 bits per heavy atom. The molecule has 3 aromatic rings. The summed E-state index contributed by atoms with van der Waals surface area (Å²) in [6.07, 6.45) is 8.37. The molecule has 2 N–H and O–H groups in total. The Labute approximate surface area is 187 Å². The number of hydrogen-bond acceptors (Lipinski definition) is 7. The number of aliphatic hydroxyl groups is 1. The Balaban J connectivity index is 1.54. The average Bonchev–Trinajstić information content (AvgIpc) is 3.34. The van der Waals surface area contributed by atoms with Crippen molar-refractivity contribution in [2.45, 2.75) is 57.2 Å². The maximum atomic E-state index is 10.2. The largest absolute Gasteiger partial charge is 0.393 e. The van der Waals surface area contributed by atoms with Crippen molar-refractivity contribution < 1.29 is 14.6 Å². The summed E-state index contributed by atoms with van der Waals surface area (Å²) in [4.78, 5) is 4.58. The molecule has 0 unspecified atom stereocenters. The second kappa shape index (κ2) is 8.80. The number of methoxy groups -OCH3 is 1. The van der Waals surface area contributed by atoms with E-state index in [1.165, 1.54) is 5.69 Å². The number of fused-ring (bicyclic) bond motifs is 1. The van der Waals surface area contributed by atoms with Crippen LogP contribution in [-0.2, 0) is 9.47 Å². The molecule has 2 aliphatic rings. The maximum absolute atomic E-state index is 10.2. The second-order valence-electron chi connectivity index (χ2n) is 9.32. The highest BCUT2D eigenvalue weighted by molar-refractivity contribution is 5.81. The number of aromatic nitrogens is 5. The molecule has 0 bridgehead atoms. The van der Waals surface area contributed by atoms with Crippen molar-refractivity contribution in [2.24, 2.45) is 5.92 Å². The summed E-state index contributed by atoms with van der Waals surface area (Å²) in [5, 5.41) is 23.0. The van der Waals surface area contributed by atoms with E-state index in [0.717, 1.165) is 35.9 Å². The molecule has 9 heteroatoms. The van der Waals surface area contributed by atoms with Crippen LogP contribution in [0.1, 0.15) is 50.8 Å². The normalized spacial score (nSPS) is 25.1. The van der Waals surface area contributed by atoms with Gasteiger partial charge in [-0.2, -0.15) is 5.10 Å². The van der Waals surface area contributed by atoms with E-state index >= 15 is 0 Å². The van der Waals surface area contributed by atoms with Crippen molar-refractivity contribution in [1.82, 2.24) is 24.4 Å². The molecule has 0 aromatic carbocycles. The van der Waals surface area contributed by atoms with Crippen LogP contribution >= 0.6 is 0 Å². The van der Waals surface area contributed by atoms with Gasteiger partial charge in [0.05, 0.1) is 49.9 Å². The molecular weight excluding hydrogens is 408 g/mol. The van der Waals surface area contributed by atoms with Crippen molar-refractivity contribution in [1.29, 1.82) is 0 Å². The van der Waals surface area contributed by atoms with Crippen LogP contribution in [0.3, 0.4) is 0 Å². The zero-order chi connectivity index (χ0) is 22.2. The van der Waals surface area contributed by atoms with E-state index in [-0.39, 0.29) is 18.1 Å². The number of rotatable bonds is 7. The number of nitrogens with one attached hydrogen (secondary N) is 1. The highest BCUT2D eigenvalue weighted by Crippen LogP contribution is 2.39. The van der Waals surface area contributed by atoms with E-state index < -0.39 is 0 Å². The van der Waals surface area contributed by atoms with Crippen LogP contribution in [-0.4, -0.2) is 68.6 Å². The molecular formula is C23H32N6O3. The molecule has 0 amide bonds. The summed E-state index contributed by atoms with van der Waals surface area (Å²) >= 11 is 0. The van der Waals surface area contributed by atoms with Crippen LogP contribution < -0.4 is 5.32 Å². The Bertz CT molecular complexity index is 1080.